The Bertz CT molecular complexity index is 1290. The van der Waals surface area contributed by atoms with Gasteiger partial charge >= 0.3 is 0 Å². The molecule has 0 bridgehead atoms. The summed E-state index contributed by atoms with van der Waals surface area (Å²) in [4.78, 5) is 33.6. The Morgan fingerprint density at radius 1 is 1.15 bits per heavy atom. The van der Waals surface area contributed by atoms with Crippen LogP contribution >= 0.6 is 11.3 Å². The third kappa shape index (κ3) is 4.09. The van der Waals surface area contributed by atoms with Gasteiger partial charge in [0.05, 0.1) is 5.71 Å². The number of aliphatic imine (C=N–C) groups is 1. The van der Waals surface area contributed by atoms with Crippen molar-refractivity contribution in [1.29, 1.82) is 0 Å². The number of carbonyl (C=O) groups is 2. The van der Waals surface area contributed by atoms with Crippen molar-refractivity contribution in [2.24, 2.45) is 4.99 Å². The molecule has 0 fully saturated rings. The second kappa shape index (κ2) is 8.56. The highest BCUT2D eigenvalue weighted by Gasteiger charge is 2.34. The van der Waals surface area contributed by atoms with Gasteiger partial charge in [0.1, 0.15) is 23.9 Å². The van der Waals surface area contributed by atoms with Crippen LogP contribution in [-0.4, -0.2) is 30.6 Å². The first kappa shape index (κ1) is 21.5. The molecule has 2 amide bonds. The zero-order valence-electron chi connectivity index (χ0n) is 18.6. The molecule has 7 heteroatoms. The zero-order chi connectivity index (χ0) is 23.1. The summed E-state index contributed by atoms with van der Waals surface area (Å²) in [6, 6.07) is 12.1. The molecule has 1 N–H and O–H groups in total. The number of fused-ring (bicyclic) bond motifs is 3. The van der Waals surface area contributed by atoms with Gasteiger partial charge in [0.25, 0.3) is 0 Å². The standard InChI is InChI=1S/C26H24FN3O2S/c1-15-6-7-16(2)20(12-15)29-22(31)14-30-23(32)13-28-25(17-8-10-18(27)11-9-17)24-19-4-3-5-21(19)33-26(24)30/h6-12H,3-5,13-14H2,1-2H3,(H,29,31). The van der Waals surface area contributed by atoms with E-state index in [2.05, 4.69) is 10.3 Å². The van der Waals surface area contributed by atoms with E-state index in [0.717, 1.165) is 52.2 Å². The van der Waals surface area contributed by atoms with Crippen molar-refractivity contribution < 1.29 is 14.0 Å². The summed E-state index contributed by atoms with van der Waals surface area (Å²) in [6.07, 6.45) is 2.94. The molecule has 2 aromatic carbocycles. The van der Waals surface area contributed by atoms with Crippen LogP contribution in [0.2, 0.25) is 0 Å². The number of benzene rings is 2. The van der Waals surface area contributed by atoms with Crippen LogP contribution in [0.3, 0.4) is 0 Å². The average Bonchev–Trinajstić information content (AvgIpc) is 3.34. The SMILES string of the molecule is Cc1ccc(C)c(NC(=O)CN2C(=O)CN=C(c3ccc(F)cc3)c3c2sc2c3CCC2)c1. The molecule has 2 aliphatic rings. The molecule has 0 saturated heterocycles. The van der Waals surface area contributed by atoms with Crippen molar-refractivity contribution in [3.8, 4) is 0 Å². The topological polar surface area (TPSA) is 61.8 Å². The molecule has 0 unspecified atom stereocenters. The number of halogens is 1. The van der Waals surface area contributed by atoms with Gasteiger partial charge in [-0.2, -0.15) is 0 Å². The van der Waals surface area contributed by atoms with E-state index < -0.39 is 0 Å². The van der Waals surface area contributed by atoms with E-state index in [1.54, 1.807) is 28.4 Å². The van der Waals surface area contributed by atoms with Crippen LogP contribution in [-0.2, 0) is 22.4 Å². The zero-order valence-corrected chi connectivity index (χ0v) is 19.4. The monoisotopic (exact) mass is 461 g/mol. The van der Waals surface area contributed by atoms with Gasteiger partial charge in [-0.3, -0.25) is 19.5 Å². The number of thiophene rings is 1. The highest BCUT2D eigenvalue weighted by Crippen LogP contribution is 2.43. The number of nitrogens with one attached hydrogen (secondary N) is 1. The van der Waals surface area contributed by atoms with E-state index in [1.165, 1.54) is 22.6 Å². The number of carbonyl (C=O) groups excluding carboxylic acids is 2. The molecule has 168 valence electrons. The quantitative estimate of drug-likeness (QED) is 0.606. The van der Waals surface area contributed by atoms with Crippen molar-refractivity contribution in [3.63, 3.8) is 0 Å². The third-order valence-corrected chi connectivity index (χ3v) is 7.46. The van der Waals surface area contributed by atoms with E-state index in [1.807, 2.05) is 32.0 Å². The number of rotatable bonds is 4. The van der Waals surface area contributed by atoms with E-state index in [-0.39, 0.29) is 30.7 Å². The summed E-state index contributed by atoms with van der Waals surface area (Å²) in [6.45, 7) is 3.78. The summed E-state index contributed by atoms with van der Waals surface area (Å²) in [5.41, 5.74) is 6.37. The molecular weight excluding hydrogens is 437 g/mol. The van der Waals surface area contributed by atoms with Crippen molar-refractivity contribution >= 4 is 39.6 Å². The average molecular weight is 462 g/mol. The molecule has 33 heavy (non-hydrogen) atoms. The third-order valence-electron chi connectivity index (χ3n) is 6.14. The molecule has 1 aromatic heterocycles. The molecule has 0 spiro atoms. The van der Waals surface area contributed by atoms with Crippen LogP contribution in [0.25, 0.3) is 0 Å². The predicted molar refractivity (Wildman–Crippen MR) is 130 cm³/mol. The molecule has 5 rings (SSSR count). The summed E-state index contributed by atoms with van der Waals surface area (Å²) in [5.74, 6) is -0.782. The number of hydrogen-bond donors (Lipinski definition) is 1. The van der Waals surface area contributed by atoms with Gasteiger partial charge in [0, 0.05) is 21.7 Å². The Kier molecular flexibility index (Phi) is 5.58. The Hall–Kier alpha value is -3.32. The number of hydrogen-bond acceptors (Lipinski definition) is 4. The Morgan fingerprint density at radius 2 is 1.94 bits per heavy atom. The second-order valence-electron chi connectivity index (χ2n) is 8.56. The van der Waals surface area contributed by atoms with Crippen molar-refractivity contribution in [3.05, 3.63) is 81.0 Å². The lowest BCUT2D eigenvalue weighted by Crippen LogP contribution is -2.39. The van der Waals surface area contributed by atoms with E-state index in [0.29, 0.717) is 5.71 Å². The summed E-state index contributed by atoms with van der Waals surface area (Å²) >= 11 is 1.58. The molecule has 1 aliphatic carbocycles. The minimum absolute atomic E-state index is 0.0559. The summed E-state index contributed by atoms with van der Waals surface area (Å²) < 4.78 is 13.5. The van der Waals surface area contributed by atoms with E-state index in [4.69, 9.17) is 0 Å². The van der Waals surface area contributed by atoms with Gasteiger partial charge in [0.15, 0.2) is 0 Å². The highest BCUT2D eigenvalue weighted by molar-refractivity contribution is 7.17. The van der Waals surface area contributed by atoms with Gasteiger partial charge in [-0.1, -0.05) is 12.1 Å². The summed E-state index contributed by atoms with van der Waals surface area (Å²) in [7, 11) is 0. The van der Waals surface area contributed by atoms with E-state index >= 15 is 0 Å². The molecular formula is C26H24FN3O2S. The lowest BCUT2D eigenvalue weighted by molar-refractivity contribution is -0.120. The molecule has 0 saturated carbocycles. The minimum Gasteiger partial charge on any atom is -0.324 e. The van der Waals surface area contributed by atoms with Crippen LogP contribution in [0.15, 0.2) is 47.5 Å². The largest absolute Gasteiger partial charge is 0.324 e. The molecule has 5 nitrogen and oxygen atoms in total. The smallest absolute Gasteiger partial charge is 0.249 e. The number of nitrogens with zero attached hydrogens (tertiary/aromatic N) is 2. The maximum atomic E-state index is 13.5. The lowest BCUT2D eigenvalue weighted by atomic mass is 9.99. The fraction of sp³-hybridized carbons (Fsp3) is 0.269. The second-order valence-corrected chi connectivity index (χ2v) is 9.64. The normalized spacial score (nSPS) is 15.1. The number of anilines is 2. The maximum absolute atomic E-state index is 13.5. The number of amides is 2. The minimum atomic E-state index is -0.315. The van der Waals surface area contributed by atoms with Crippen LogP contribution in [0.1, 0.15) is 39.1 Å². The van der Waals surface area contributed by atoms with Crippen LogP contribution in [0.4, 0.5) is 15.1 Å². The Labute approximate surface area is 196 Å². The fourth-order valence-corrected chi connectivity index (χ4v) is 5.86. The molecule has 2 heterocycles. The van der Waals surface area contributed by atoms with E-state index in [9.17, 15) is 14.0 Å². The first-order valence-corrected chi connectivity index (χ1v) is 11.8. The van der Waals surface area contributed by atoms with Crippen molar-refractivity contribution in [1.82, 2.24) is 0 Å². The van der Waals surface area contributed by atoms with Gasteiger partial charge < -0.3 is 5.32 Å². The first-order chi connectivity index (χ1) is 15.9. The first-order valence-electron chi connectivity index (χ1n) is 11.0. The van der Waals surface area contributed by atoms with Crippen molar-refractivity contribution in [2.45, 2.75) is 33.1 Å². The van der Waals surface area contributed by atoms with Crippen LogP contribution in [0.5, 0.6) is 0 Å². The van der Waals surface area contributed by atoms with Gasteiger partial charge in [-0.25, -0.2) is 4.39 Å². The van der Waals surface area contributed by atoms with Gasteiger partial charge in [-0.05, 0) is 80.1 Å². The van der Waals surface area contributed by atoms with Crippen molar-refractivity contribution in [2.75, 3.05) is 23.3 Å². The van der Waals surface area contributed by atoms with Gasteiger partial charge in [0.2, 0.25) is 11.8 Å². The summed E-state index contributed by atoms with van der Waals surface area (Å²) in [5, 5.41) is 3.73. The van der Waals surface area contributed by atoms with Gasteiger partial charge in [-0.15, -0.1) is 11.3 Å². The number of aryl methyl sites for hydroxylation is 3. The molecule has 3 aromatic rings. The molecule has 0 radical (unpaired) electrons. The predicted octanol–water partition coefficient (Wildman–Crippen LogP) is 4.82. The Balaban J connectivity index is 1.50. The van der Waals surface area contributed by atoms with Crippen LogP contribution < -0.4 is 10.2 Å². The fourth-order valence-electron chi connectivity index (χ4n) is 4.46. The van der Waals surface area contributed by atoms with Crippen LogP contribution in [0, 0.1) is 19.7 Å². The Morgan fingerprint density at radius 3 is 2.73 bits per heavy atom. The maximum Gasteiger partial charge on any atom is 0.249 e. The molecule has 1 aliphatic heterocycles. The lowest BCUT2D eigenvalue weighted by Gasteiger charge is -2.21. The highest BCUT2D eigenvalue weighted by atomic mass is 32.1. The molecule has 0 atom stereocenters.